The molecule has 16 heavy (non-hydrogen) atoms. The first-order valence-electron chi connectivity index (χ1n) is 5.72. The number of nitrogens with two attached hydrogens (primary N) is 1. The van der Waals surface area contributed by atoms with Gasteiger partial charge in [-0.25, -0.2) is 0 Å². The zero-order valence-electron chi connectivity index (χ0n) is 9.28. The van der Waals surface area contributed by atoms with Crippen LogP contribution in [-0.2, 0) is 4.79 Å². The fraction of sp³-hybridized carbons (Fsp3) is 0.909. The van der Waals surface area contributed by atoms with Gasteiger partial charge >= 0.3 is 6.18 Å². The summed E-state index contributed by atoms with van der Waals surface area (Å²) in [4.78, 5) is 11.7. The summed E-state index contributed by atoms with van der Waals surface area (Å²) in [5.41, 5.74) is 5.08. The molecular weight excluding hydrogens is 219 g/mol. The van der Waals surface area contributed by atoms with Gasteiger partial charge in [0.1, 0.15) is 0 Å². The second-order valence-corrected chi connectivity index (χ2v) is 4.61. The third-order valence-electron chi connectivity index (χ3n) is 3.17. The quantitative estimate of drug-likeness (QED) is 0.816. The van der Waals surface area contributed by atoms with Crippen molar-refractivity contribution in [3.05, 3.63) is 0 Å². The zero-order valence-corrected chi connectivity index (χ0v) is 9.28. The van der Waals surface area contributed by atoms with Crippen molar-refractivity contribution in [1.82, 2.24) is 0 Å². The molecule has 0 atom stereocenters. The van der Waals surface area contributed by atoms with E-state index in [1.54, 1.807) is 0 Å². The molecule has 94 valence electrons. The minimum Gasteiger partial charge on any atom is -0.319 e. The lowest BCUT2D eigenvalue weighted by molar-refractivity contribution is -0.138. The van der Waals surface area contributed by atoms with Crippen molar-refractivity contribution in [3.63, 3.8) is 0 Å². The van der Waals surface area contributed by atoms with Gasteiger partial charge in [-0.3, -0.25) is 4.79 Å². The van der Waals surface area contributed by atoms with Gasteiger partial charge in [0.05, 0.1) is 5.54 Å². The minimum atomic E-state index is -4.17. The molecular formula is C11H18F3NO. The number of carbonyl (C=O) groups excluding carboxylic acids is 1. The van der Waals surface area contributed by atoms with Gasteiger partial charge in [0.25, 0.3) is 0 Å². The number of alkyl halides is 3. The second-order valence-electron chi connectivity index (χ2n) is 4.61. The largest absolute Gasteiger partial charge is 0.389 e. The predicted octanol–water partition coefficient (Wildman–Crippen LogP) is 2.95. The van der Waals surface area contributed by atoms with Crippen LogP contribution in [-0.4, -0.2) is 17.5 Å². The van der Waals surface area contributed by atoms with Crippen LogP contribution >= 0.6 is 0 Å². The first kappa shape index (κ1) is 13.5. The van der Waals surface area contributed by atoms with Crippen LogP contribution in [0.25, 0.3) is 0 Å². The van der Waals surface area contributed by atoms with Gasteiger partial charge in [0.15, 0.2) is 5.78 Å². The summed E-state index contributed by atoms with van der Waals surface area (Å²) in [6.07, 6.45) is -1.13. The number of hydrogen-bond acceptors (Lipinski definition) is 2. The average Bonchev–Trinajstić information content (AvgIpc) is 2.16. The molecule has 1 saturated carbocycles. The van der Waals surface area contributed by atoms with Crippen LogP contribution in [0.1, 0.15) is 51.4 Å². The molecule has 1 aliphatic carbocycles. The maximum Gasteiger partial charge on any atom is 0.389 e. The highest BCUT2D eigenvalue weighted by molar-refractivity contribution is 5.88. The molecule has 5 heteroatoms. The lowest BCUT2D eigenvalue weighted by atomic mass is 9.78. The number of halogens is 3. The molecule has 0 radical (unpaired) electrons. The van der Waals surface area contributed by atoms with E-state index in [1.165, 1.54) is 0 Å². The Morgan fingerprint density at radius 2 is 1.75 bits per heavy atom. The number of rotatable bonds is 4. The molecule has 0 amide bonds. The van der Waals surface area contributed by atoms with Crippen molar-refractivity contribution in [1.29, 1.82) is 0 Å². The molecule has 0 saturated heterocycles. The SMILES string of the molecule is NC1(C(=O)CCCC(F)(F)F)CCCCC1. The summed E-state index contributed by atoms with van der Waals surface area (Å²) in [7, 11) is 0. The lowest BCUT2D eigenvalue weighted by Crippen LogP contribution is -2.49. The highest BCUT2D eigenvalue weighted by Gasteiger charge is 2.35. The molecule has 1 aliphatic rings. The van der Waals surface area contributed by atoms with Gasteiger partial charge in [0, 0.05) is 12.8 Å². The van der Waals surface area contributed by atoms with E-state index in [4.69, 9.17) is 5.73 Å². The number of ketones is 1. The Labute approximate surface area is 93.4 Å². The van der Waals surface area contributed by atoms with Crippen molar-refractivity contribution in [2.45, 2.75) is 63.1 Å². The Morgan fingerprint density at radius 3 is 2.25 bits per heavy atom. The van der Waals surface area contributed by atoms with Crippen LogP contribution in [0.15, 0.2) is 0 Å². The van der Waals surface area contributed by atoms with E-state index < -0.39 is 18.1 Å². The van der Waals surface area contributed by atoms with Gasteiger partial charge in [-0.05, 0) is 19.3 Å². The van der Waals surface area contributed by atoms with Gasteiger partial charge in [0.2, 0.25) is 0 Å². The third-order valence-corrected chi connectivity index (χ3v) is 3.17. The molecule has 0 aromatic rings. The number of carbonyl (C=O) groups is 1. The van der Waals surface area contributed by atoms with E-state index in [0.29, 0.717) is 12.8 Å². The normalized spacial score (nSPS) is 20.8. The van der Waals surface area contributed by atoms with Gasteiger partial charge in [-0.1, -0.05) is 19.3 Å². The van der Waals surface area contributed by atoms with Crippen LogP contribution in [0.4, 0.5) is 13.2 Å². The maximum absolute atomic E-state index is 11.9. The smallest absolute Gasteiger partial charge is 0.319 e. The van der Waals surface area contributed by atoms with Gasteiger partial charge in [-0.2, -0.15) is 13.2 Å². The highest BCUT2D eigenvalue weighted by atomic mass is 19.4. The molecule has 1 fully saturated rings. The Hall–Kier alpha value is -0.580. The minimum absolute atomic E-state index is 0.0456. The summed E-state index contributed by atoms with van der Waals surface area (Å²) in [6.45, 7) is 0. The van der Waals surface area contributed by atoms with Crippen LogP contribution in [0.3, 0.4) is 0 Å². The third kappa shape index (κ3) is 4.12. The Kier molecular flexibility index (Phi) is 4.35. The van der Waals surface area contributed by atoms with Gasteiger partial charge < -0.3 is 5.73 Å². The van der Waals surface area contributed by atoms with E-state index in [1.807, 2.05) is 0 Å². The van der Waals surface area contributed by atoms with Crippen molar-refractivity contribution in [2.24, 2.45) is 5.73 Å². The van der Waals surface area contributed by atoms with Crippen molar-refractivity contribution in [3.8, 4) is 0 Å². The van der Waals surface area contributed by atoms with Crippen LogP contribution in [0.5, 0.6) is 0 Å². The molecule has 2 N–H and O–H groups in total. The van der Waals surface area contributed by atoms with Crippen molar-refractivity contribution >= 4 is 5.78 Å². The van der Waals surface area contributed by atoms with E-state index in [0.717, 1.165) is 19.3 Å². The molecule has 0 aromatic carbocycles. The van der Waals surface area contributed by atoms with E-state index in [-0.39, 0.29) is 18.6 Å². The number of Topliss-reactive ketones (excluding diaryl/α,β-unsaturated/α-hetero) is 1. The molecule has 0 unspecified atom stereocenters. The summed E-state index contributed by atoms with van der Waals surface area (Å²) in [6, 6.07) is 0. The zero-order chi connectivity index (χ0) is 12.2. The Balaban J connectivity index is 2.34. The van der Waals surface area contributed by atoms with Gasteiger partial charge in [-0.15, -0.1) is 0 Å². The Bertz CT molecular complexity index is 244. The molecule has 0 bridgehead atoms. The molecule has 2 nitrogen and oxygen atoms in total. The van der Waals surface area contributed by atoms with Crippen molar-refractivity contribution in [2.75, 3.05) is 0 Å². The van der Waals surface area contributed by atoms with Crippen LogP contribution in [0.2, 0.25) is 0 Å². The van der Waals surface area contributed by atoms with E-state index >= 15 is 0 Å². The lowest BCUT2D eigenvalue weighted by Gasteiger charge is -2.31. The van der Waals surface area contributed by atoms with Crippen LogP contribution < -0.4 is 5.73 Å². The first-order valence-corrected chi connectivity index (χ1v) is 5.72. The monoisotopic (exact) mass is 237 g/mol. The fourth-order valence-electron chi connectivity index (χ4n) is 2.16. The fourth-order valence-corrected chi connectivity index (χ4v) is 2.16. The topological polar surface area (TPSA) is 43.1 Å². The molecule has 1 rings (SSSR count). The number of hydrogen-bond donors (Lipinski definition) is 1. The summed E-state index contributed by atoms with van der Waals surface area (Å²) in [5.74, 6) is -0.198. The Morgan fingerprint density at radius 1 is 1.19 bits per heavy atom. The molecule has 0 spiro atoms. The molecule has 0 aliphatic heterocycles. The summed E-state index contributed by atoms with van der Waals surface area (Å²) >= 11 is 0. The standard InChI is InChI=1S/C11H18F3NO/c12-11(13,14)8-4-5-9(16)10(15)6-2-1-3-7-10/h1-8,15H2. The van der Waals surface area contributed by atoms with E-state index in [9.17, 15) is 18.0 Å². The molecule has 0 aromatic heterocycles. The maximum atomic E-state index is 11.9. The van der Waals surface area contributed by atoms with Crippen LogP contribution in [0, 0.1) is 0 Å². The summed E-state index contributed by atoms with van der Waals surface area (Å²) < 4.78 is 35.7. The predicted molar refractivity (Wildman–Crippen MR) is 54.9 cm³/mol. The van der Waals surface area contributed by atoms with E-state index in [2.05, 4.69) is 0 Å². The summed E-state index contributed by atoms with van der Waals surface area (Å²) in [5, 5.41) is 0. The molecule has 0 heterocycles. The average molecular weight is 237 g/mol. The second kappa shape index (κ2) is 5.17. The first-order chi connectivity index (χ1) is 7.33. The van der Waals surface area contributed by atoms with Crippen molar-refractivity contribution < 1.29 is 18.0 Å². The highest BCUT2D eigenvalue weighted by Crippen LogP contribution is 2.29.